The van der Waals surface area contributed by atoms with Crippen molar-refractivity contribution in [3.05, 3.63) is 33.9 Å². The van der Waals surface area contributed by atoms with E-state index in [1.807, 2.05) is 6.20 Å². The lowest BCUT2D eigenvalue weighted by atomic mass is 10.6. The second-order valence-electron chi connectivity index (χ2n) is 2.30. The molecule has 2 heterocycles. The Morgan fingerprint density at radius 2 is 2.08 bits per heavy atom. The molecule has 0 aliphatic rings. The van der Waals surface area contributed by atoms with E-state index in [4.69, 9.17) is 0 Å². The minimum Gasteiger partial charge on any atom is -0.229 e. The van der Waals surface area contributed by atoms with E-state index in [1.54, 1.807) is 16.9 Å². The van der Waals surface area contributed by atoms with E-state index in [1.165, 1.54) is 6.33 Å². The first kappa shape index (κ1) is 8.83. The summed E-state index contributed by atoms with van der Waals surface area (Å²) < 4.78 is 3.32. The fourth-order valence-electron chi connectivity index (χ4n) is 0.876. The van der Waals surface area contributed by atoms with E-state index in [0.29, 0.717) is 0 Å². The second-order valence-corrected chi connectivity index (χ2v) is 4.03. The molecule has 0 fully saturated rings. The van der Waals surface area contributed by atoms with Gasteiger partial charge in [0.25, 0.3) is 0 Å². The monoisotopic (exact) mass is 302 g/mol. The molecule has 4 nitrogen and oxygen atoms in total. The quantitative estimate of drug-likeness (QED) is 0.759. The van der Waals surface area contributed by atoms with Crippen molar-refractivity contribution < 1.29 is 0 Å². The largest absolute Gasteiger partial charge is 0.229 e. The summed E-state index contributed by atoms with van der Waals surface area (Å²) in [5.41, 5.74) is 0. The molecular weight excluding hydrogens is 300 g/mol. The van der Waals surface area contributed by atoms with E-state index in [-0.39, 0.29) is 0 Å². The van der Waals surface area contributed by atoms with Gasteiger partial charge in [-0.15, -0.1) is 0 Å². The fourth-order valence-corrected chi connectivity index (χ4v) is 1.46. The Bertz CT molecular complexity index is 426. The molecule has 66 valence electrons. The molecule has 0 amide bonds. The predicted octanol–water partition coefficient (Wildman–Crippen LogP) is 2.19. The molecule has 2 aromatic heterocycles. The third-order valence-electron chi connectivity index (χ3n) is 1.41. The Hall–Kier alpha value is -0.750. The molecule has 2 aromatic rings. The number of aromatic nitrogens is 4. The zero-order valence-electron chi connectivity index (χ0n) is 6.35. The molecule has 0 radical (unpaired) electrons. The smallest absolute Gasteiger partial charge is 0.157 e. The normalized spacial score (nSPS) is 10.3. The SMILES string of the molecule is Brc1cnn(-c2cc(Br)ncn2)c1. The maximum Gasteiger partial charge on any atom is 0.157 e. The number of rotatable bonds is 1. The predicted molar refractivity (Wildman–Crippen MR) is 54.6 cm³/mol. The van der Waals surface area contributed by atoms with Crippen molar-refractivity contribution in [3.8, 4) is 5.82 Å². The van der Waals surface area contributed by atoms with Gasteiger partial charge in [-0.05, 0) is 31.9 Å². The zero-order chi connectivity index (χ0) is 9.26. The molecule has 0 aliphatic heterocycles. The summed E-state index contributed by atoms with van der Waals surface area (Å²) in [6, 6.07) is 1.79. The minimum atomic E-state index is 0.729. The van der Waals surface area contributed by atoms with Gasteiger partial charge >= 0.3 is 0 Å². The molecule has 0 atom stereocenters. The van der Waals surface area contributed by atoms with Crippen LogP contribution >= 0.6 is 31.9 Å². The second kappa shape index (κ2) is 3.55. The van der Waals surface area contributed by atoms with Crippen molar-refractivity contribution in [2.75, 3.05) is 0 Å². The standard InChI is InChI=1S/C7H4Br2N4/c8-5-2-12-13(3-5)7-1-6(9)10-4-11-7/h1-4H. The Labute approximate surface area is 91.3 Å². The zero-order valence-corrected chi connectivity index (χ0v) is 9.53. The van der Waals surface area contributed by atoms with Gasteiger partial charge in [0.2, 0.25) is 0 Å². The maximum atomic E-state index is 4.09. The van der Waals surface area contributed by atoms with E-state index in [2.05, 4.69) is 46.9 Å². The van der Waals surface area contributed by atoms with Gasteiger partial charge in [-0.2, -0.15) is 5.10 Å². The average Bonchev–Trinajstić information content (AvgIpc) is 2.52. The van der Waals surface area contributed by atoms with Crippen LogP contribution in [0.1, 0.15) is 0 Å². The summed E-state index contributed by atoms with van der Waals surface area (Å²) in [5.74, 6) is 0.729. The number of halogens is 2. The summed E-state index contributed by atoms with van der Waals surface area (Å²) in [6.07, 6.45) is 5.01. The molecule has 0 N–H and O–H groups in total. The van der Waals surface area contributed by atoms with E-state index >= 15 is 0 Å². The van der Waals surface area contributed by atoms with Crippen LogP contribution < -0.4 is 0 Å². The van der Waals surface area contributed by atoms with Crippen LogP contribution in [0.15, 0.2) is 33.9 Å². The Balaban J connectivity index is 2.46. The first-order valence-corrected chi connectivity index (χ1v) is 5.02. The Kier molecular flexibility index (Phi) is 2.41. The van der Waals surface area contributed by atoms with Gasteiger partial charge in [-0.1, -0.05) is 0 Å². The van der Waals surface area contributed by atoms with Crippen LogP contribution in [0.4, 0.5) is 0 Å². The first-order valence-electron chi connectivity index (χ1n) is 3.44. The van der Waals surface area contributed by atoms with E-state index < -0.39 is 0 Å². The molecule has 2 rings (SSSR count). The fraction of sp³-hybridized carbons (Fsp3) is 0. The van der Waals surface area contributed by atoms with Crippen LogP contribution in [-0.2, 0) is 0 Å². The highest BCUT2D eigenvalue weighted by Crippen LogP contribution is 2.12. The van der Waals surface area contributed by atoms with Crippen LogP contribution in [-0.4, -0.2) is 19.7 Å². The van der Waals surface area contributed by atoms with Crippen molar-refractivity contribution >= 4 is 31.9 Å². The number of hydrogen-bond acceptors (Lipinski definition) is 3. The summed E-state index contributed by atoms with van der Waals surface area (Å²) in [4.78, 5) is 7.99. The lowest BCUT2D eigenvalue weighted by molar-refractivity contribution is 0.836. The lowest BCUT2D eigenvalue weighted by Crippen LogP contribution is -1.97. The van der Waals surface area contributed by atoms with Crippen molar-refractivity contribution in [3.63, 3.8) is 0 Å². The molecule has 6 heteroatoms. The molecule has 0 aliphatic carbocycles. The highest BCUT2D eigenvalue weighted by molar-refractivity contribution is 9.10. The molecule has 0 bridgehead atoms. The number of nitrogens with zero attached hydrogens (tertiary/aromatic N) is 4. The van der Waals surface area contributed by atoms with Crippen molar-refractivity contribution in [1.82, 2.24) is 19.7 Å². The van der Waals surface area contributed by atoms with Gasteiger partial charge in [0.1, 0.15) is 10.9 Å². The third kappa shape index (κ3) is 1.94. The van der Waals surface area contributed by atoms with Crippen LogP contribution in [0.3, 0.4) is 0 Å². The summed E-state index contributed by atoms with van der Waals surface area (Å²) in [6.45, 7) is 0. The highest BCUT2D eigenvalue weighted by Gasteiger charge is 2.00. The van der Waals surface area contributed by atoms with Gasteiger partial charge in [-0.25, -0.2) is 14.6 Å². The van der Waals surface area contributed by atoms with Crippen LogP contribution in [0.2, 0.25) is 0 Å². The van der Waals surface area contributed by atoms with Gasteiger partial charge in [-0.3, -0.25) is 0 Å². The van der Waals surface area contributed by atoms with Crippen LogP contribution in [0.25, 0.3) is 5.82 Å². The third-order valence-corrected chi connectivity index (χ3v) is 2.25. The van der Waals surface area contributed by atoms with Gasteiger partial charge in [0.05, 0.1) is 10.7 Å². The molecule has 0 unspecified atom stereocenters. The molecule has 13 heavy (non-hydrogen) atoms. The van der Waals surface area contributed by atoms with Gasteiger partial charge < -0.3 is 0 Å². The maximum absolute atomic E-state index is 4.09. The Morgan fingerprint density at radius 1 is 1.23 bits per heavy atom. The van der Waals surface area contributed by atoms with Crippen molar-refractivity contribution in [2.24, 2.45) is 0 Å². The highest BCUT2D eigenvalue weighted by atomic mass is 79.9. The molecule has 0 saturated carbocycles. The summed E-state index contributed by atoms with van der Waals surface area (Å²) in [5, 5.41) is 4.09. The van der Waals surface area contributed by atoms with Crippen molar-refractivity contribution in [2.45, 2.75) is 0 Å². The first-order chi connectivity index (χ1) is 6.25. The summed E-state index contributed by atoms with van der Waals surface area (Å²) in [7, 11) is 0. The van der Waals surface area contributed by atoms with Crippen molar-refractivity contribution in [1.29, 1.82) is 0 Å². The average molecular weight is 304 g/mol. The molecule has 0 aromatic carbocycles. The van der Waals surface area contributed by atoms with Crippen LogP contribution in [0.5, 0.6) is 0 Å². The topological polar surface area (TPSA) is 43.6 Å². The Morgan fingerprint density at radius 3 is 2.69 bits per heavy atom. The molecular formula is C7H4Br2N4. The minimum absolute atomic E-state index is 0.729. The molecule has 0 saturated heterocycles. The van der Waals surface area contributed by atoms with E-state index in [0.717, 1.165) is 14.9 Å². The van der Waals surface area contributed by atoms with Crippen LogP contribution in [0, 0.1) is 0 Å². The number of hydrogen-bond donors (Lipinski definition) is 0. The van der Waals surface area contributed by atoms with Gasteiger partial charge in [0.15, 0.2) is 5.82 Å². The summed E-state index contributed by atoms with van der Waals surface area (Å²) >= 11 is 6.57. The lowest BCUT2D eigenvalue weighted by Gasteiger charge is -1.98. The van der Waals surface area contributed by atoms with Gasteiger partial charge in [0, 0.05) is 12.3 Å². The van der Waals surface area contributed by atoms with E-state index in [9.17, 15) is 0 Å². The molecule has 0 spiro atoms.